The number of benzene rings is 1. The van der Waals surface area contributed by atoms with Crippen LogP contribution in [0.3, 0.4) is 0 Å². The number of nitrogens with zero attached hydrogens (tertiary/aromatic N) is 2. The molecule has 5 heteroatoms. The zero-order valence-electron chi connectivity index (χ0n) is 11.5. The third-order valence-electron chi connectivity index (χ3n) is 3.89. The molecule has 1 aliphatic heterocycles. The normalized spacial score (nSPS) is 18.4. The van der Waals surface area contributed by atoms with E-state index in [1.54, 1.807) is 4.90 Å². The predicted molar refractivity (Wildman–Crippen MR) is 77.8 cm³/mol. The summed E-state index contributed by atoms with van der Waals surface area (Å²) in [4.78, 5) is 28.7. The van der Waals surface area contributed by atoms with E-state index in [4.69, 9.17) is 5.11 Å². The van der Waals surface area contributed by atoms with Crippen LogP contribution in [0.5, 0.6) is 0 Å². The number of carboxylic acids is 1. The number of carbonyl (C=O) groups excluding carboxylic acids is 1. The maximum atomic E-state index is 11.8. The molecule has 1 saturated heterocycles. The van der Waals surface area contributed by atoms with E-state index in [2.05, 4.69) is 4.98 Å². The average molecular weight is 284 g/mol. The number of aliphatic carboxylic acids is 1. The molecule has 3 rings (SSSR count). The summed E-state index contributed by atoms with van der Waals surface area (Å²) in [6.45, 7) is 0.829. The van der Waals surface area contributed by atoms with Gasteiger partial charge in [0.15, 0.2) is 0 Å². The Morgan fingerprint density at radius 3 is 2.81 bits per heavy atom. The lowest BCUT2D eigenvalue weighted by atomic mass is 10.1. The summed E-state index contributed by atoms with van der Waals surface area (Å²) in [7, 11) is 0. The number of pyridine rings is 1. The average Bonchev–Trinajstić information content (AvgIpc) is 2.86. The van der Waals surface area contributed by atoms with E-state index in [0.29, 0.717) is 19.5 Å². The lowest BCUT2D eigenvalue weighted by Gasteiger charge is -2.15. The molecular formula is C16H16N2O3. The molecule has 1 unspecified atom stereocenters. The van der Waals surface area contributed by atoms with Crippen LogP contribution in [0.4, 0.5) is 0 Å². The highest BCUT2D eigenvalue weighted by Gasteiger charge is 2.33. The van der Waals surface area contributed by atoms with Gasteiger partial charge in [0.05, 0.1) is 5.92 Å². The molecule has 0 aliphatic carbocycles. The first-order valence-corrected chi connectivity index (χ1v) is 6.98. The molecule has 2 heterocycles. The molecule has 1 aliphatic rings. The van der Waals surface area contributed by atoms with Crippen molar-refractivity contribution in [3.63, 3.8) is 0 Å². The largest absolute Gasteiger partial charge is 0.481 e. The molecule has 0 bridgehead atoms. The Morgan fingerprint density at radius 1 is 1.33 bits per heavy atom. The van der Waals surface area contributed by atoms with E-state index in [-0.39, 0.29) is 12.3 Å². The van der Waals surface area contributed by atoms with Crippen LogP contribution in [-0.2, 0) is 16.0 Å². The number of carboxylic acid groups (broad SMARTS) is 1. The van der Waals surface area contributed by atoms with Crippen molar-refractivity contribution in [2.75, 3.05) is 13.1 Å². The van der Waals surface area contributed by atoms with Gasteiger partial charge in [-0.25, -0.2) is 0 Å². The van der Waals surface area contributed by atoms with Gasteiger partial charge in [-0.05, 0) is 11.5 Å². The first kappa shape index (κ1) is 13.5. The molecule has 5 nitrogen and oxygen atoms in total. The van der Waals surface area contributed by atoms with Gasteiger partial charge in [0.1, 0.15) is 0 Å². The van der Waals surface area contributed by atoms with Crippen molar-refractivity contribution in [1.29, 1.82) is 0 Å². The maximum absolute atomic E-state index is 11.8. The number of amides is 1. The summed E-state index contributed by atoms with van der Waals surface area (Å²) in [6, 6.07) is 10.0. The van der Waals surface area contributed by atoms with E-state index >= 15 is 0 Å². The molecular weight excluding hydrogens is 268 g/mol. The van der Waals surface area contributed by atoms with Gasteiger partial charge < -0.3 is 10.0 Å². The van der Waals surface area contributed by atoms with Crippen LogP contribution in [0.2, 0.25) is 0 Å². The van der Waals surface area contributed by atoms with Crippen LogP contribution in [0.15, 0.2) is 36.5 Å². The fourth-order valence-corrected chi connectivity index (χ4v) is 2.67. The lowest BCUT2D eigenvalue weighted by molar-refractivity contribution is -0.141. The monoisotopic (exact) mass is 284 g/mol. The van der Waals surface area contributed by atoms with Gasteiger partial charge in [0, 0.05) is 43.2 Å². The first-order chi connectivity index (χ1) is 10.1. The summed E-state index contributed by atoms with van der Waals surface area (Å²) in [5, 5.41) is 11.2. The van der Waals surface area contributed by atoms with Crippen LogP contribution < -0.4 is 0 Å². The zero-order valence-corrected chi connectivity index (χ0v) is 11.5. The molecule has 0 saturated carbocycles. The molecule has 2 aromatic rings. The number of aromatic nitrogens is 1. The fourth-order valence-electron chi connectivity index (χ4n) is 2.67. The SMILES string of the molecule is O=C(O)C1CC(=O)N(CCc2cc3ccccc3cn2)C1. The molecule has 1 N–H and O–H groups in total. The van der Waals surface area contributed by atoms with Crippen LogP contribution in [0.25, 0.3) is 10.8 Å². The van der Waals surface area contributed by atoms with Crippen LogP contribution in [-0.4, -0.2) is 40.0 Å². The molecule has 0 spiro atoms. The Balaban J connectivity index is 1.66. The molecule has 1 aromatic heterocycles. The molecule has 1 aromatic carbocycles. The molecule has 108 valence electrons. The Bertz CT molecular complexity index is 699. The lowest BCUT2D eigenvalue weighted by Crippen LogP contribution is -2.28. The van der Waals surface area contributed by atoms with E-state index in [9.17, 15) is 9.59 Å². The van der Waals surface area contributed by atoms with Crippen LogP contribution >= 0.6 is 0 Å². The van der Waals surface area contributed by atoms with Gasteiger partial charge in [-0.2, -0.15) is 0 Å². The highest BCUT2D eigenvalue weighted by atomic mass is 16.4. The van der Waals surface area contributed by atoms with Crippen molar-refractivity contribution in [2.24, 2.45) is 5.92 Å². The number of likely N-dealkylation sites (tertiary alicyclic amines) is 1. The topological polar surface area (TPSA) is 70.5 Å². The minimum absolute atomic E-state index is 0.0804. The number of rotatable bonds is 4. The van der Waals surface area contributed by atoms with E-state index in [1.807, 2.05) is 36.5 Å². The second kappa shape index (κ2) is 5.52. The van der Waals surface area contributed by atoms with Gasteiger partial charge in [0.2, 0.25) is 5.91 Å². The zero-order chi connectivity index (χ0) is 14.8. The van der Waals surface area contributed by atoms with E-state index < -0.39 is 11.9 Å². The number of carbonyl (C=O) groups is 2. The van der Waals surface area contributed by atoms with Crippen LogP contribution in [0, 0.1) is 5.92 Å². The quantitative estimate of drug-likeness (QED) is 0.928. The Morgan fingerprint density at radius 2 is 2.10 bits per heavy atom. The Labute approximate surface area is 122 Å². The van der Waals surface area contributed by atoms with Gasteiger partial charge in [0.25, 0.3) is 0 Å². The van der Waals surface area contributed by atoms with Crippen molar-refractivity contribution >= 4 is 22.6 Å². The van der Waals surface area contributed by atoms with Crippen molar-refractivity contribution in [3.8, 4) is 0 Å². The smallest absolute Gasteiger partial charge is 0.308 e. The van der Waals surface area contributed by atoms with Crippen molar-refractivity contribution in [2.45, 2.75) is 12.8 Å². The summed E-state index contributed by atoms with van der Waals surface area (Å²) in [6.07, 6.45) is 2.58. The number of fused-ring (bicyclic) bond motifs is 1. The Kier molecular flexibility index (Phi) is 3.56. The van der Waals surface area contributed by atoms with Gasteiger partial charge in [-0.15, -0.1) is 0 Å². The third kappa shape index (κ3) is 2.86. The number of hydrogen-bond acceptors (Lipinski definition) is 3. The standard InChI is InChI=1S/C16H16N2O3/c19-15-8-13(16(20)21)10-18(15)6-5-14-7-11-3-1-2-4-12(11)9-17-14/h1-4,7,9,13H,5-6,8,10H2,(H,20,21). The van der Waals surface area contributed by atoms with Gasteiger partial charge in [-0.3, -0.25) is 14.6 Å². The molecule has 1 amide bonds. The molecule has 21 heavy (non-hydrogen) atoms. The van der Waals surface area contributed by atoms with Gasteiger partial charge in [-0.1, -0.05) is 24.3 Å². The summed E-state index contributed by atoms with van der Waals surface area (Å²) in [5.41, 5.74) is 0.917. The minimum atomic E-state index is -0.894. The number of hydrogen-bond donors (Lipinski definition) is 1. The van der Waals surface area contributed by atoms with E-state index in [0.717, 1.165) is 16.5 Å². The Hall–Kier alpha value is -2.43. The summed E-state index contributed by atoms with van der Waals surface area (Å²) < 4.78 is 0. The fraction of sp³-hybridized carbons (Fsp3) is 0.312. The molecule has 1 fully saturated rings. The highest BCUT2D eigenvalue weighted by Crippen LogP contribution is 2.19. The van der Waals surface area contributed by atoms with E-state index in [1.165, 1.54) is 0 Å². The minimum Gasteiger partial charge on any atom is -0.481 e. The molecule has 0 radical (unpaired) electrons. The van der Waals surface area contributed by atoms with Crippen molar-refractivity contribution in [3.05, 3.63) is 42.2 Å². The maximum Gasteiger partial charge on any atom is 0.308 e. The molecule has 1 atom stereocenters. The predicted octanol–water partition coefficient (Wildman–Crippen LogP) is 1.71. The second-order valence-corrected chi connectivity index (χ2v) is 5.35. The van der Waals surface area contributed by atoms with Gasteiger partial charge >= 0.3 is 5.97 Å². The van der Waals surface area contributed by atoms with Crippen LogP contribution in [0.1, 0.15) is 12.1 Å². The van der Waals surface area contributed by atoms with Crippen molar-refractivity contribution in [1.82, 2.24) is 9.88 Å². The first-order valence-electron chi connectivity index (χ1n) is 6.98. The third-order valence-corrected chi connectivity index (χ3v) is 3.89. The highest BCUT2D eigenvalue weighted by molar-refractivity contribution is 5.86. The summed E-state index contributed by atoms with van der Waals surface area (Å²) in [5.74, 6) is -1.54. The second-order valence-electron chi connectivity index (χ2n) is 5.35. The summed E-state index contributed by atoms with van der Waals surface area (Å²) >= 11 is 0. The van der Waals surface area contributed by atoms with Crippen molar-refractivity contribution < 1.29 is 14.7 Å².